The largest absolute Gasteiger partial charge is 0.493 e. The summed E-state index contributed by atoms with van der Waals surface area (Å²) >= 11 is 0. The molecular weight excluding hydrogens is 426 g/mol. The molecule has 4 rings (SSSR count). The Hall–Kier alpha value is -2.75. The van der Waals surface area contributed by atoms with E-state index in [0.29, 0.717) is 31.9 Å². The van der Waals surface area contributed by atoms with Crippen molar-refractivity contribution in [3.8, 4) is 17.0 Å². The molecule has 31 heavy (non-hydrogen) atoms. The van der Waals surface area contributed by atoms with Crippen LogP contribution in [0, 0.1) is 17.6 Å². The van der Waals surface area contributed by atoms with Gasteiger partial charge in [-0.2, -0.15) is 0 Å². The third-order valence-electron chi connectivity index (χ3n) is 4.97. The highest BCUT2D eigenvalue weighted by Crippen LogP contribution is 2.30. The van der Waals surface area contributed by atoms with Crippen LogP contribution in [0.1, 0.15) is 5.56 Å². The SMILES string of the molecule is CNCc1cc(-c2ccccc2F)n(S(=O)(=O)c2cc(F)cc(OCC3COC3)c2)c1. The molecule has 3 aromatic rings. The quantitative estimate of drug-likeness (QED) is 0.572. The first kappa shape index (κ1) is 21.5. The van der Waals surface area contributed by atoms with Gasteiger partial charge in [0.1, 0.15) is 17.4 Å². The number of rotatable bonds is 8. The van der Waals surface area contributed by atoms with Gasteiger partial charge in [0, 0.05) is 36.4 Å². The molecule has 2 aromatic carbocycles. The van der Waals surface area contributed by atoms with Gasteiger partial charge in [0.15, 0.2) is 0 Å². The molecule has 0 bridgehead atoms. The molecule has 1 aliphatic heterocycles. The van der Waals surface area contributed by atoms with Crippen LogP contribution in [0.5, 0.6) is 5.75 Å². The Kier molecular flexibility index (Phi) is 6.08. The molecule has 6 nitrogen and oxygen atoms in total. The first-order valence-corrected chi connectivity index (χ1v) is 11.2. The number of hydrogen-bond acceptors (Lipinski definition) is 5. The summed E-state index contributed by atoms with van der Waals surface area (Å²) in [6, 6.07) is 10.9. The lowest BCUT2D eigenvalue weighted by Gasteiger charge is -2.25. The van der Waals surface area contributed by atoms with Gasteiger partial charge in [0.25, 0.3) is 10.0 Å². The van der Waals surface area contributed by atoms with E-state index in [9.17, 15) is 17.2 Å². The van der Waals surface area contributed by atoms with E-state index in [1.165, 1.54) is 30.5 Å². The standard InChI is InChI=1S/C22H22F2N2O4S/c1-25-10-15-6-22(20-4-2-3-5-21(20)24)26(11-15)31(27,28)19-8-17(23)7-18(9-19)30-14-16-12-29-13-16/h2-9,11,16,25H,10,12-14H2,1H3. The summed E-state index contributed by atoms with van der Waals surface area (Å²) in [5, 5.41) is 2.95. The highest BCUT2D eigenvalue weighted by Gasteiger charge is 2.25. The van der Waals surface area contributed by atoms with Gasteiger partial charge in [0.2, 0.25) is 0 Å². The zero-order valence-electron chi connectivity index (χ0n) is 16.8. The maximum Gasteiger partial charge on any atom is 0.268 e. The number of benzene rings is 2. The lowest BCUT2D eigenvalue weighted by molar-refractivity contribution is -0.0509. The molecule has 0 atom stereocenters. The maximum atomic E-state index is 14.5. The van der Waals surface area contributed by atoms with E-state index >= 15 is 0 Å². The summed E-state index contributed by atoms with van der Waals surface area (Å²) in [6.45, 7) is 1.80. The van der Waals surface area contributed by atoms with Crippen molar-refractivity contribution >= 4 is 10.0 Å². The lowest BCUT2D eigenvalue weighted by Crippen LogP contribution is -2.32. The zero-order valence-corrected chi connectivity index (χ0v) is 17.7. The van der Waals surface area contributed by atoms with Crippen molar-refractivity contribution in [1.82, 2.24) is 9.29 Å². The van der Waals surface area contributed by atoms with E-state index in [1.807, 2.05) is 0 Å². The molecular formula is C22H22F2N2O4S. The summed E-state index contributed by atoms with van der Waals surface area (Å²) in [5.74, 6) is -0.986. The van der Waals surface area contributed by atoms with Crippen LogP contribution in [0.4, 0.5) is 8.78 Å². The third kappa shape index (κ3) is 4.48. The van der Waals surface area contributed by atoms with Crippen molar-refractivity contribution in [2.75, 3.05) is 26.9 Å². The molecule has 0 spiro atoms. The van der Waals surface area contributed by atoms with Crippen molar-refractivity contribution in [2.24, 2.45) is 5.92 Å². The number of halogens is 2. The molecule has 1 fully saturated rings. The summed E-state index contributed by atoms with van der Waals surface area (Å²) in [5.41, 5.74) is 0.926. The molecule has 1 N–H and O–H groups in total. The van der Waals surface area contributed by atoms with Crippen molar-refractivity contribution in [3.05, 3.63) is 71.9 Å². The number of aromatic nitrogens is 1. The Labute approximate surface area is 179 Å². The van der Waals surface area contributed by atoms with Gasteiger partial charge in [-0.05, 0) is 36.9 Å². The molecule has 1 aliphatic rings. The zero-order chi connectivity index (χ0) is 22.0. The number of nitrogens with zero attached hydrogens (tertiary/aromatic N) is 1. The van der Waals surface area contributed by atoms with Crippen molar-refractivity contribution in [3.63, 3.8) is 0 Å². The Morgan fingerprint density at radius 1 is 1.16 bits per heavy atom. The summed E-state index contributed by atoms with van der Waals surface area (Å²) in [6.07, 6.45) is 1.41. The molecule has 9 heteroatoms. The van der Waals surface area contributed by atoms with Crippen LogP contribution < -0.4 is 10.1 Å². The Bertz CT molecular complexity index is 1190. The lowest BCUT2D eigenvalue weighted by atomic mass is 10.1. The maximum absolute atomic E-state index is 14.5. The van der Waals surface area contributed by atoms with E-state index in [-0.39, 0.29) is 27.8 Å². The Morgan fingerprint density at radius 2 is 1.94 bits per heavy atom. The number of hydrogen-bond donors (Lipinski definition) is 1. The molecule has 0 saturated carbocycles. The van der Waals surface area contributed by atoms with Crippen LogP contribution in [0.15, 0.2) is 59.6 Å². The van der Waals surface area contributed by atoms with E-state index in [4.69, 9.17) is 9.47 Å². The van der Waals surface area contributed by atoms with Crippen LogP contribution in [0.2, 0.25) is 0 Å². The van der Waals surface area contributed by atoms with Gasteiger partial charge in [0.05, 0.1) is 30.4 Å². The van der Waals surface area contributed by atoms with E-state index in [2.05, 4.69) is 5.32 Å². The van der Waals surface area contributed by atoms with Gasteiger partial charge < -0.3 is 14.8 Å². The first-order valence-electron chi connectivity index (χ1n) is 9.76. The first-order chi connectivity index (χ1) is 14.9. The molecule has 1 saturated heterocycles. The van der Waals surface area contributed by atoms with Crippen LogP contribution in [-0.4, -0.2) is 39.3 Å². The molecule has 1 aromatic heterocycles. The normalized spacial score (nSPS) is 14.4. The summed E-state index contributed by atoms with van der Waals surface area (Å²) in [7, 11) is -2.51. The van der Waals surface area contributed by atoms with Gasteiger partial charge in [-0.3, -0.25) is 0 Å². The fourth-order valence-electron chi connectivity index (χ4n) is 3.34. The fraction of sp³-hybridized carbons (Fsp3) is 0.273. The average molecular weight is 448 g/mol. The van der Waals surface area contributed by atoms with Crippen molar-refractivity contribution in [2.45, 2.75) is 11.4 Å². The minimum Gasteiger partial charge on any atom is -0.493 e. The fourth-order valence-corrected chi connectivity index (χ4v) is 4.78. The predicted octanol–water partition coefficient (Wildman–Crippen LogP) is 3.41. The third-order valence-corrected chi connectivity index (χ3v) is 6.62. The van der Waals surface area contributed by atoms with E-state index in [0.717, 1.165) is 16.1 Å². The predicted molar refractivity (Wildman–Crippen MR) is 111 cm³/mol. The van der Waals surface area contributed by atoms with E-state index in [1.54, 1.807) is 19.2 Å². The highest BCUT2D eigenvalue weighted by atomic mass is 32.2. The Balaban J connectivity index is 1.76. The summed E-state index contributed by atoms with van der Waals surface area (Å²) in [4.78, 5) is -0.281. The second-order valence-corrected chi connectivity index (χ2v) is 9.20. The topological polar surface area (TPSA) is 69.6 Å². The smallest absolute Gasteiger partial charge is 0.268 e. The molecule has 0 unspecified atom stereocenters. The average Bonchev–Trinajstić information content (AvgIpc) is 3.11. The second kappa shape index (κ2) is 8.78. The van der Waals surface area contributed by atoms with Crippen molar-refractivity contribution in [1.29, 1.82) is 0 Å². The molecule has 0 radical (unpaired) electrons. The van der Waals surface area contributed by atoms with Crippen LogP contribution in [0.25, 0.3) is 11.3 Å². The second-order valence-electron chi connectivity index (χ2n) is 7.38. The number of ether oxygens (including phenoxy) is 2. The van der Waals surface area contributed by atoms with Crippen LogP contribution >= 0.6 is 0 Å². The van der Waals surface area contributed by atoms with Gasteiger partial charge >= 0.3 is 0 Å². The molecule has 2 heterocycles. The van der Waals surface area contributed by atoms with Gasteiger partial charge in [-0.15, -0.1) is 0 Å². The molecule has 0 amide bonds. The molecule has 164 valence electrons. The monoisotopic (exact) mass is 448 g/mol. The number of nitrogens with one attached hydrogen (secondary N) is 1. The van der Waals surface area contributed by atoms with Gasteiger partial charge in [-0.1, -0.05) is 12.1 Å². The Morgan fingerprint density at radius 3 is 2.61 bits per heavy atom. The minimum absolute atomic E-state index is 0.112. The van der Waals surface area contributed by atoms with Crippen molar-refractivity contribution < 1.29 is 26.7 Å². The summed E-state index contributed by atoms with van der Waals surface area (Å²) < 4.78 is 67.3. The minimum atomic E-state index is -4.23. The van der Waals surface area contributed by atoms with Crippen LogP contribution in [-0.2, 0) is 21.3 Å². The van der Waals surface area contributed by atoms with Crippen LogP contribution in [0.3, 0.4) is 0 Å². The van der Waals surface area contributed by atoms with Gasteiger partial charge in [-0.25, -0.2) is 21.2 Å². The molecule has 0 aliphatic carbocycles. The van der Waals surface area contributed by atoms with E-state index < -0.39 is 21.7 Å². The highest BCUT2D eigenvalue weighted by molar-refractivity contribution is 7.90.